The first-order valence-electron chi connectivity index (χ1n) is 3.16. The van der Waals surface area contributed by atoms with E-state index in [1.807, 2.05) is 0 Å². The van der Waals surface area contributed by atoms with Crippen LogP contribution in [0, 0.1) is 0 Å². The van der Waals surface area contributed by atoms with Crippen molar-refractivity contribution in [3.05, 3.63) is 12.2 Å². The number of hydrogen-bond donors (Lipinski definition) is 0. The Hall–Kier alpha value is -0.950. The van der Waals surface area contributed by atoms with Crippen LogP contribution in [-0.2, 0) is 28.0 Å². The van der Waals surface area contributed by atoms with Crippen LogP contribution in [0.5, 0.6) is 0 Å². The Labute approximate surface area is 70.3 Å². The predicted molar refractivity (Wildman–Crippen MR) is 40.6 cm³/mol. The second-order valence-corrected chi connectivity index (χ2v) is 3.94. The van der Waals surface area contributed by atoms with Gasteiger partial charge in [-0.15, -0.1) is 0 Å². The van der Waals surface area contributed by atoms with Crippen molar-refractivity contribution < 1.29 is 12.6 Å². The number of aryl methyl sites for hydroxylation is 1. The molecule has 0 unspecified atom stereocenters. The average Bonchev–Trinajstić information content (AvgIpc) is 2.30. The molecule has 1 heterocycles. The van der Waals surface area contributed by atoms with Crippen LogP contribution in [0.25, 0.3) is 0 Å². The van der Waals surface area contributed by atoms with E-state index in [1.54, 1.807) is 7.05 Å². The summed E-state index contributed by atoms with van der Waals surface area (Å²) < 4.78 is 27.0. The Balaban J connectivity index is 2.55. The van der Waals surface area contributed by atoms with Gasteiger partial charge < -0.3 is 0 Å². The van der Waals surface area contributed by atoms with Crippen molar-refractivity contribution in [1.29, 1.82) is 0 Å². The second-order valence-electron chi connectivity index (χ2n) is 2.30. The summed E-state index contributed by atoms with van der Waals surface area (Å²) >= 11 is 0. The van der Waals surface area contributed by atoms with E-state index in [0.717, 1.165) is 6.26 Å². The van der Waals surface area contributed by atoms with Crippen molar-refractivity contribution in [2.24, 2.45) is 7.05 Å². The van der Waals surface area contributed by atoms with E-state index in [-0.39, 0.29) is 6.61 Å². The molecular formula is C5H9N3O3S. The SMILES string of the molecule is Cn1cnc(COS(C)(=O)=O)n1. The Morgan fingerprint density at radius 3 is 2.75 bits per heavy atom. The molecule has 12 heavy (non-hydrogen) atoms. The van der Waals surface area contributed by atoms with Crippen LogP contribution in [0.1, 0.15) is 5.82 Å². The lowest BCUT2D eigenvalue weighted by Gasteiger charge is -1.95. The minimum atomic E-state index is -3.40. The zero-order valence-electron chi connectivity index (χ0n) is 6.76. The lowest BCUT2D eigenvalue weighted by atomic mass is 10.7. The summed E-state index contributed by atoms with van der Waals surface area (Å²) in [5.74, 6) is 0.350. The normalized spacial score (nSPS) is 11.8. The Morgan fingerprint density at radius 1 is 1.67 bits per heavy atom. The van der Waals surface area contributed by atoms with Gasteiger partial charge in [0.1, 0.15) is 12.9 Å². The molecule has 1 rings (SSSR count). The van der Waals surface area contributed by atoms with Gasteiger partial charge in [0.2, 0.25) is 0 Å². The maximum Gasteiger partial charge on any atom is 0.264 e. The first kappa shape index (κ1) is 9.14. The van der Waals surface area contributed by atoms with Gasteiger partial charge in [0, 0.05) is 7.05 Å². The summed E-state index contributed by atoms with van der Waals surface area (Å²) in [5, 5.41) is 3.83. The molecule has 0 N–H and O–H groups in total. The standard InChI is InChI=1S/C5H9N3O3S/c1-8-4-6-5(7-8)3-11-12(2,9)10/h4H,3H2,1-2H3. The number of aromatic nitrogens is 3. The maximum atomic E-state index is 10.5. The van der Waals surface area contributed by atoms with Crippen molar-refractivity contribution in [1.82, 2.24) is 14.8 Å². The van der Waals surface area contributed by atoms with E-state index in [4.69, 9.17) is 0 Å². The number of nitrogens with zero attached hydrogens (tertiary/aromatic N) is 3. The third-order valence-electron chi connectivity index (χ3n) is 1.05. The monoisotopic (exact) mass is 191 g/mol. The molecule has 0 saturated carbocycles. The molecule has 7 heteroatoms. The second kappa shape index (κ2) is 3.20. The van der Waals surface area contributed by atoms with Crippen molar-refractivity contribution in [3.63, 3.8) is 0 Å². The van der Waals surface area contributed by atoms with Crippen LogP contribution >= 0.6 is 0 Å². The van der Waals surface area contributed by atoms with E-state index in [1.165, 1.54) is 11.0 Å². The van der Waals surface area contributed by atoms with Gasteiger partial charge >= 0.3 is 0 Å². The van der Waals surface area contributed by atoms with Crippen molar-refractivity contribution in [3.8, 4) is 0 Å². The summed E-state index contributed by atoms with van der Waals surface area (Å²) in [6.45, 7) is -0.111. The zero-order valence-corrected chi connectivity index (χ0v) is 7.58. The van der Waals surface area contributed by atoms with Crippen LogP contribution in [0.15, 0.2) is 6.33 Å². The van der Waals surface area contributed by atoms with E-state index in [0.29, 0.717) is 5.82 Å². The molecule has 68 valence electrons. The summed E-state index contributed by atoms with van der Waals surface area (Å²) in [7, 11) is -1.71. The molecular weight excluding hydrogens is 182 g/mol. The van der Waals surface area contributed by atoms with Crippen LogP contribution in [-0.4, -0.2) is 29.4 Å². The van der Waals surface area contributed by atoms with Crippen LogP contribution in [0.2, 0.25) is 0 Å². The fraction of sp³-hybridized carbons (Fsp3) is 0.600. The molecule has 1 aromatic heterocycles. The quantitative estimate of drug-likeness (QED) is 0.590. The third kappa shape index (κ3) is 2.97. The fourth-order valence-corrected chi connectivity index (χ4v) is 0.929. The maximum absolute atomic E-state index is 10.5. The highest BCUT2D eigenvalue weighted by molar-refractivity contribution is 7.85. The minimum Gasteiger partial charge on any atom is -0.262 e. The first-order chi connectivity index (χ1) is 5.47. The molecule has 0 radical (unpaired) electrons. The molecule has 0 spiro atoms. The molecule has 0 fully saturated rings. The molecule has 0 aliphatic carbocycles. The van der Waals surface area contributed by atoms with Gasteiger partial charge in [-0.2, -0.15) is 13.5 Å². The Bertz CT molecular complexity index is 356. The Morgan fingerprint density at radius 2 is 2.33 bits per heavy atom. The van der Waals surface area contributed by atoms with Gasteiger partial charge in [-0.25, -0.2) is 4.98 Å². The summed E-state index contributed by atoms with van der Waals surface area (Å²) in [4.78, 5) is 3.78. The van der Waals surface area contributed by atoms with E-state index in [9.17, 15) is 8.42 Å². The van der Waals surface area contributed by atoms with Crippen LogP contribution < -0.4 is 0 Å². The van der Waals surface area contributed by atoms with Gasteiger partial charge in [0.15, 0.2) is 5.82 Å². The number of hydrogen-bond acceptors (Lipinski definition) is 5. The van der Waals surface area contributed by atoms with Crippen molar-refractivity contribution >= 4 is 10.1 Å². The van der Waals surface area contributed by atoms with Gasteiger partial charge in [-0.3, -0.25) is 8.86 Å². The lowest BCUT2D eigenvalue weighted by molar-refractivity contribution is 0.301. The van der Waals surface area contributed by atoms with Gasteiger partial charge in [0.25, 0.3) is 10.1 Å². The van der Waals surface area contributed by atoms with Gasteiger partial charge in [-0.1, -0.05) is 0 Å². The Kier molecular flexibility index (Phi) is 2.43. The molecule has 1 aromatic rings. The lowest BCUT2D eigenvalue weighted by Crippen LogP contribution is -2.04. The van der Waals surface area contributed by atoms with Gasteiger partial charge in [-0.05, 0) is 0 Å². The first-order valence-corrected chi connectivity index (χ1v) is 4.98. The molecule has 6 nitrogen and oxygen atoms in total. The molecule has 0 amide bonds. The summed E-state index contributed by atoms with van der Waals surface area (Å²) in [6, 6.07) is 0. The molecule has 0 saturated heterocycles. The predicted octanol–water partition coefficient (Wildman–Crippen LogP) is -0.709. The largest absolute Gasteiger partial charge is 0.264 e. The molecule has 0 aliphatic rings. The van der Waals surface area contributed by atoms with E-state index < -0.39 is 10.1 Å². The van der Waals surface area contributed by atoms with E-state index >= 15 is 0 Å². The average molecular weight is 191 g/mol. The molecule has 0 atom stereocenters. The molecule has 0 aromatic carbocycles. The topological polar surface area (TPSA) is 74.1 Å². The number of rotatable bonds is 3. The highest BCUT2D eigenvalue weighted by Crippen LogP contribution is 1.95. The van der Waals surface area contributed by atoms with Gasteiger partial charge in [0.05, 0.1) is 6.26 Å². The van der Waals surface area contributed by atoms with Crippen LogP contribution in [0.4, 0.5) is 0 Å². The van der Waals surface area contributed by atoms with E-state index in [2.05, 4.69) is 14.3 Å². The smallest absolute Gasteiger partial charge is 0.262 e. The molecule has 0 bridgehead atoms. The highest BCUT2D eigenvalue weighted by Gasteiger charge is 2.04. The molecule has 0 aliphatic heterocycles. The third-order valence-corrected chi connectivity index (χ3v) is 1.60. The summed E-state index contributed by atoms with van der Waals surface area (Å²) in [6.07, 6.45) is 2.46. The zero-order chi connectivity index (χ0) is 9.19. The highest BCUT2D eigenvalue weighted by atomic mass is 32.2. The van der Waals surface area contributed by atoms with Crippen molar-refractivity contribution in [2.75, 3.05) is 6.26 Å². The van der Waals surface area contributed by atoms with Crippen LogP contribution in [0.3, 0.4) is 0 Å². The fourth-order valence-electron chi connectivity index (χ4n) is 0.610. The van der Waals surface area contributed by atoms with Crippen molar-refractivity contribution in [2.45, 2.75) is 6.61 Å². The summed E-state index contributed by atoms with van der Waals surface area (Å²) in [5.41, 5.74) is 0. The minimum absolute atomic E-state index is 0.111.